The van der Waals surface area contributed by atoms with Gasteiger partial charge >= 0.3 is 0 Å². The van der Waals surface area contributed by atoms with Crippen molar-refractivity contribution in [2.45, 2.75) is 19.4 Å². The Morgan fingerprint density at radius 1 is 0.893 bits per heavy atom. The minimum atomic E-state index is -0.00683. The Morgan fingerprint density at radius 3 is 2.21 bits per heavy atom. The average molecular weight is 396 g/mol. The molecule has 4 heteroatoms. The molecule has 0 aliphatic carbocycles. The maximum absolute atomic E-state index is 12.7. The predicted octanol–water partition coefficient (Wildman–Crippen LogP) is 0.495. The van der Waals surface area contributed by atoms with Gasteiger partial charge in [-0.3, -0.25) is 4.79 Å². The van der Waals surface area contributed by atoms with Crippen LogP contribution >= 0.6 is 0 Å². The number of quaternary nitrogens is 1. The standard InChI is InChI=1S/C24H25NO2.ClH/c1-19(18-20-10-4-2-5-11-20)25-16-17-27-23-15-9-8-14-22(23)24(26)21-12-6-3-7-13-21;/h2-15,19,25H,16-18H2,1H3;1H. The first-order valence-corrected chi connectivity index (χ1v) is 9.43. The van der Waals surface area contributed by atoms with Crippen molar-refractivity contribution in [3.05, 3.63) is 102 Å². The summed E-state index contributed by atoms with van der Waals surface area (Å²) in [6.07, 6.45) is 1.03. The topological polar surface area (TPSA) is 42.9 Å². The second-order valence-electron chi connectivity index (χ2n) is 6.73. The van der Waals surface area contributed by atoms with Gasteiger partial charge in [-0.05, 0) is 24.6 Å². The Labute approximate surface area is 173 Å². The minimum absolute atomic E-state index is 0. The Bertz CT molecular complexity index is 853. The number of nitrogens with two attached hydrogens (primary N) is 1. The number of ether oxygens (including phenoxy) is 1. The lowest BCUT2D eigenvalue weighted by Gasteiger charge is -2.13. The van der Waals surface area contributed by atoms with Gasteiger partial charge in [0.05, 0.1) is 11.6 Å². The van der Waals surface area contributed by atoms with Crippen molar-refractivity contribution in [3.8, 4) is 5.75 Å². The van der Waals surface area contributed by atoms with Crippen LogP contribution in [0.5, 0.6) is 5.75 Å². The summed E-state index contributed by atoms with van der Waals surface area (Å²) in [6, 6.07) is 27.8. The Hall–Kier alpha value is -2.62. The molecule has 146 valence electrons. The van der Waals surface area contributed by atoms with Crippen LogP contribution in [0.25, 0.3) is 0 Å². The number of hydrogen-bond acceptors (Lipinski definition) is 2. The van der Waals surface area contributed by atoms with Crippen molar-refractivity contribution in [1.29, 1.82) is 0 Å². The van der Waals surface area contributed by atoms with Gasteiger partial charge in [0.1, 0.15) is 18.9 Å². The van der Waals surface area contributed by atoms with Crippen LogP contribution in [0.15, 0.2) is 84.9 Å². The van der Waals surface area contributed by atoms with Crippen molar-refractivity contribution in [2.24, 2.45) is 0 Å². The lowest BCUT2D eigenvalue weighted by Crippen LogP contribution is -3.00. The summed E-state index contributed by atoms with van der Waals surface area (Å²) in [5.74, 6) is 0.642. The third kappa shape index (κ3) is 6.22. The molecule has 3 aromatic rings. The van der Waals surface area contributed by atoms with E-state index in [-0.39, 0.29) is 18.2 Å². The highest BCUT2D eigenvalue weighted by Crippen LogP contribution is 2.21. The van der Waals surface area contributed by atoms with E-state index >= 15 is 0 Å². The summed E-state index contributed by atoms with van der Waals surface area (Å²) >= 11 is 0. The Kier molecular flexibility index (Phi) is 8.73. The molecule has 0 saturated carbocycles. The molecule has 0 amide bonds. The molecule has 1 atom stereocenters. The number of rotatable bonds is 9. The van der Waals surface area contributed by atoms with E-state index in [4.69, 9.17) is 4.74 Å². The SMILES string of the molecule is CC(Cc1ccccc1)[NH2+]CCOc1ccccc1C(=O)c1ccccc1.[Cl-]. The summed E-state index contributed by atoms with van der Waals surface area (Å²) in [4.78, 5) is 12.7. The number of para-hydroxylation sites is 1. The summed E-state index contributed by atoms with van der Waals surface area (Å²) < 4.78 is 5.93. The molecule has 0 aromatic heterocycles. The summed E-state index contributed by atoms with van der Waals surface area (Å²) in [6.45, 7) is 3.64. The van der Waals surface area contributed by atoms with Crippen LogP contribution in [0.2, 0.25) is 0 Å². The van der Waals surface area contributed by atoms with Crippen molar-refractivity contribution < 1.29 is 27.3 Å². The second-order valence-corrected chi connectivity index (χ2v) is 6.73. The average Bonchev–Trinajstić information content (AvgIpc) is 2.72. The number of carbonyl (C=O) groups excluding carboxylic acids is 1. The van der Waals surface area contributed by atoms with Crippen molar-refractivity contribution in [3.63, 3.8) is 0 Å². The monoisotopic (exact) mass is 395 g/mol. The van der Waals surface area contributed by atoms with Gasteiger partial charge in [-0.25, -0.2) is 0 Å². The van der Waals surface area contributed by atoms with Gasteiger partial charge in [0.15, 0.2) is 5.78 Å². The number of carbonyl (C=O) groups is 1. The lowest BCUT2D eigenvalue weighted by atomic mass is 10.0. The largest absolute Gasteiger partial charge is 1.00 e. The molecule has 0 bridgehead atoms. The minimum Gasteiger partial charge on any atom is -1.00 e. The molecule has 3 nitrogen and oxygen atoms in total. The molecule has 2 N–H and O–H groups in total. The smallest absolute Gasteiger partial charge is 0.196 e. The fourth-order valence-corrected chi connectivity index (χ4v) is 3.12. The van der Waals surface area contributed by atoms with Crippen molar-refractivity contribution >= 4 is 5.78 Å². The van der Waals surface area contributed by atoms with E-state index in [0.29, 0.717) is 29.5 Å². The first kappa shape index (κ1) is 21.7. The van der Waals surface area contributed by atoms with Gasteiger partial charge < -0.3 is 22.5 Å². The molecular weight excluding hydrogens is 370 g/mol. The molecule has 0 spiro atoms. The van der Waals surface area contributed by atoms with E-state index in [2.05, 4.69) is 36.5 Å². The fourth-order valence-electron chi connectivity index (χ4n) is 3.12. The zero-order valence-corrected chi connectivity index (χ0v) is 16.8. The summed E-state index contributed by atoms with van der Waals surface area (Å²) in [5, 5.41) is 2.29. The first-order valence-electron chi connectivity index (χ1n) is 9.43. The maximum Gasteiger partial charge on any atom is 0.196 e. The quantitative estimate of drug-likeness (QED) is 0.423. The van der Waals surface area contributed by atoms with Crippen LogP contribution < -0.4 is 22.5 Å². The van der Waals surface area contributed by atoms with E-state index in [0.717, 1.165) is 13.0 Å². The zero-order chi connectivity index (χ0) is 18.9. The van der Waals surface area contributed by atoms with Gasteiger partial charge in [0.2, 0.25) is 0 Å². The molecule has 3 rings (SSSR count). The highest BCUT2D eigenvalue weighted by atomic mass is 35.5. The highest BCUT2D eigenvalue weighted by Gasteiger charge is 2.14. The first-order chi connectivity index (χ1) is 13.2. The van der Waals surface area contributed by atoms with Crippen LogP contribution in [0, 0.1) is 0 Å². The van der Waals surface area contributed by atoms with Gasteiger partial charge in [-0.1, -0.05) is 72.8 Å². The van der Waals surface area contributed by atoms with Crippen molar-refractivity contribution in [1.82, 2.24) is 0 Å². The van der Waals surface area contributed by atoms with E-state index in [1.54, 1.807) is 0 Å². The predicted molar refractivity (Wildman–Crippen MR) is 108 cm³/mol. The second kappa shape index (κ2) is 11.3. The molecule has 3 aromatic carbocycles. The number of hydrogen-bond donors (Lipinski definition) is 1. The summed E-state index contributed by atoms with van der Waals surface area (Å²) in [5.41, 5.74) is 2.64. The molecule has 0 aliphatic heterocycles. The van der Waals surface area contributed by atoms with E-state index in [9.17, 15) is 4.79 Å². The van der Waals surface area contributed by atoms with E-state index in [1.807, 2.05) is 60.7 Å². The molecule has 0 fully saturated rings. The molecule has 1 unspecified atom stereocenters. The number of benzene rings is 3. The molecule has 0 heterocycles. The van der Waals surface area contributed by atoms with Gasteiger partial charge in [0, 0.05) is 12.0 Å². The van der Waals surface area contributed by atoms with Crippen LogP contribution in [-0.4, -0.2) is 25.0 Å². The molecule has 0 saturated heterocycles. The lowest BCUT2D eigenvalue weighted by molar-refractivity contribution is -0.686. The summed E-state index contributed by atoms with van der Waals surface area (Å²) in [7, 11) is 0. The van der Waals surface area contributed by atoms with Crippen LogP contribution in [0.1, 0.15) is 28.4 Å². The molecule has 28 heavy (non-hydrogen) atoms. The van der Waals surface area contributed by atoms with Gasteiger partial charge in [0.25, 0.3) is 0 Å². The fraction of sp³-hybridized carbons (Fsp3) is 0.208. The number of ketones is 1. The van der Waals surface area contributed by atoms with Gasteiger partial charge in [-0.2, -0.15) is 0 Å². The number of halogens is 1. The van der Waals surface area contributed by atoms with Crippen LogP contribution in [0.4, 0.5) is 0 Å². The Balaban J connectivity index is 0.00000280. The molecule has 0 aliphatic rings. The normalized spacial score (nSPS) is 11.3. The Morgan fingerprint density at radius 2 is 1.50 bits per heavy atom. The van der Waals surface area contributed by atoms with Gasteiger partial charge in [-0.15, -0.1) is 0 Å². The maximum atomic E-state index is 12.7. The zero-order valence-electron chi connectivity index (χ0n) is 16.1. The van der Waals surface area contributed by atoms with Crippen LogP contribution in [0.3, 0.4) is 0 Å². The van der Waals surface area contributed by atoms with E-state index < -0.39 is 0 Å². The van der Waals surface area contributed by atoms with Crippen molar-refractivity contribution in [2.75, 3.05) is 13.2 Å². The third-order valence-corrected chi connectivity index (χ3v) is 4.51. The molecular formula is C24H26ClNO2. The highest BCUT2D eigenvalue weighted by molar-refractivity contribution is 6.10. The van der Waals surface area contributed by atoms with Crippen LogP contribution in [-0.2, 0) is 6.42 Å². The molecule has 0 radical (unpaired) electrons. The third-order valence-electron chi connectivity index (χ3n) is 4.51. The van der Waals surface area contributed by atoms with E-state index in [1.165, 1.54) is 5.56 Å².